The monoisotopic (exact) mass is 462 g/mol. The maximum absolute atomic E-state index is 12.1. The molecule has 2 aromatic carbocycles. The molecule has 8 nitrogen and oxygen atoms in total. The molecule has 168 valence electrons. The zero-order chi connectivity index (χ0) is 22.9. The first-order chi connectivity index (χ1) is 16.2. The lowest BCUT2D eigenvalue weighted by Gasteiger charge is -2.12. The lowest BCUT2D eigenvalue weighted by Crippen LogP contribution is -2.43. The molecule has 0 radical (unpaired) electrons. The Bertz CT molecular complexity index is 1190. The molecule has 0 aliphatic carbocycles. The number of hydrogen-bond donors (Lipinski definition) is 2. The molecule has 2 heterocycles. The standard InChI is InChI=1S/C24H22N4O4S/c29-21(10-11-23-25-24(28-32-23)19-12-13-33-16-19)26-27-22(30)15-31-20-9-5-4-8-18(20)14-17-6-2-1-3-7-17/h1-9,12-13,16H,10-11,14-15H2,(H,26,29)(H,27,30). The molecule has 0 saturated carbocycles. The molecule has 2 amide bonds. The van der Waals surface area contributed by atoms with Crippen molar-refractivity contribution in [2.24, 2.45) is 0 Å². The van der Waals surface area contributed by atoms with Crippen LogP contribution in [0.5, 0.6) is 5.75 Å². The van der Waals surface area contributed by atoms with Crippen LogP contribution in [0.1, 0.15) is 23.4 Å². The molecule has 0 atom stereocenters. The number of nitrogens with zero attached hydrogens (tertiary/aromatic N) is 2. The van der Waals surface area contributed by atoms with Crippen LogP contribution in [0.2, 0.25) is 0 Å². The Hall–Kier alpha value is -3.98. The number of carbonyl (C=O) groups is 2. The predicted octanol–water partition coefficient (Wildman–Crippen LogP) is 3.55. The van der Waals surface area contributed by atoms with Crippen LogP contribution >= 0.6 is 11.3 Å². The summed E-state index contributed by atoms with van der Waals surface area (Å²) in [5.41, 5.74) is 7.72. The number of para-hydroxylation sites is 1. The van der Waals surface area contributed by atoms with Gasteiger partial charge in [-0.3, -0.25) is 20.4 Å². The third-order valence-corrected chi connectivity index (χ3v) is 5.41. The van der Waals surface area contributed by atoms with Crippen molar-refractivity contribution >= 4 is 23.2 Å². The number of thiophene rings is 1. The van der Waals surface area contributed by atoms with Crippen LogP contribution in [0.4, 0.5) is 0 Å². The normalized spacial score (nSPS) is 10.5. The molecule has 0 aliphatic heterocycles. The number of ether oxygens (including phenoxy) is 1. The quantitative estimate of drug-likeness (QED) is 0.369. The summed E-state index contributed by atoms with van der Waals surface area (Å²) in [7, 11) is 0. The molecule has 0 bridgehead atoms. The van der Waals surface area contributed by atoms with E-state index in [0.29, 0.717) is 23.9 Å². The highest BCUT2D eigenvalue weighted by molar-refractivity contribution is 7.08. The second kappa shape index (κ2) is 11.1. The molecule has 4 aromatic rings. The largest absolute Gasteiger partial charge is 0.483 e. The number of hydrazine groups is 1. The number of aryl methyl sites for hydroxylation is 1. The maximum Gasteiger partial charge on any atom is 0.276 e. The van der Waals surface area contributed by atoms with Gasteiger partial charge in [0.1, 0.15) is 5.75 Å². The lowest BCUT2D eigenvalue weighted by atomic mass is 10.0. The second-order valence-electron chi connectivity index (χ2n) is 7.18. The van der Waals surface area contributed by atoms with E-state index >= 15 is 0 Å². The summed E-state index contributed by atoms with van der Waals surface area (Å²) in [4.78, 5) is 28.4. The summed E-state index contributed by atoms with van der Waals surface area (Å²) in [5, 5.41) is 7.74. The van der Waals surface area contributed by atoms with E-state index in [4.69, 9.17) is 9.26 Å². The number of hydrogen-bond acceptors (Lipinski definition) is 7. The van der Waals surface area contributed by atoms with E-state index in [1.54, 1.807) is 0 Å². The number of nitrogens with one attached hydrogen (secondary N) is 2. The highest BCUT2D eigenvalue weighted by Gasteiger charge is 2.12. The van der Waals surface area contributed by atoms with Gasteiger partial charge in [0, 0.05) is 30.2 Å². The van der Waals surface area contributed by atoms with Gasteiger partial charge in [-0.05, 0) is 28.6 Å². The third kappa shape index (κ3) is 6.50. The van der Waals surface area contributed by atoms with Gasteiger partial charge in [-0.25, -0.2) is 0 Å². The van der Waals surface area contributed by atoms with Gasteiger partial charge in [-0.1, -0.05) is 53.7 Å². The van der Waals surface area contributed by atoms with Crippen LogP contribution in [0.25, 0.3) is 11.4 Å². The molecule has 0 unspecified atom stereocenters. The van der Waals surface area contributed by atoms with Crippen molar-refractivity contribution in [3.63, 3.8) is 0 Å². The highest BCUT2D eigenvalue weighted by Crippen LogP contribution is 2.21. The zero-order valence-corrected chi connectivity index (χ0v) is 18.5. The fourth-order valence-electron chi connectivity index (χ4n) is 3.07. The van der Waals surface area contributed by atoms with Crippen molar-refractivity contribution in [1.82, 2.24) is 21.0 Å². The van der Waals surface area contributed by atoms with Crippen molar-refractivity contribution < 1.29 is 18.8 Å². The molecule has 4 rings (SSSR count). The fraction of sp³-hybridized carbons (Fsp3) is 0.167. The third-order valence-electron chi connectivity index (χ3n) is 4.72. The first kappa shape index (κ1) is 22.2. The van der Waals surface area contributed by atoms with E-state index in [1.807, 2.05) is 71.4 Å². The Balaban J connectivity index is 1.20. The predicted molar refractivity (Wildman–Crippen MR) is 123 cm³/mol. The van der Waals surface area contributed by atoms with Crippen molar-refractivity contribution in [2.45, 2.75) is 19.3 Å². The van der Waals surface area contributed by atoms with E-state index in [9.17, 15) is 9.59 Å². The van der Waals surface area contributed by atoms with Gasteiger partial charge < -0.3 is 9.26 Å². The van der Waals surface area contributed by atoms with Crippen LogP contribution in [0.3, 0.4) is 0 Å². The summed E-state index contributed by atoms with van der Waals surface area (Å²) in [6, 6.07) is 19.5. The van der Waals surface area contributed by atoms with Crippen LogP contribution in [-0.4, -0.2) is 28.6 Å². The van der Waals surface area contributed by atoms with Gasteiger partial charge in [0.25, 0.3) is 5.91 Å². The van der Waals surface area contributed by atoms with E-state index < -0.39 is 5.91 Å². The zero-order valence-electron chi connectivity index (χ0n) is 17.7. The molecule has 2 aromatic heterocycles. The Labute approximate surface area is 194 Å². The van der Waals surface area contributed by atoms with Crippen LogP contribution in [0, 0.1) is 0 Å². The molecule has 2 N–H and O–H groups in total. The second-order valence-corrected chi connectivity index (χ2v) is 7.96. The van der Waals surface area contributed by atoms with Crippen LogP contribution in [0.15, 0.2) is 75.9 Å². The number of benzene rings is 2. The van der Waals surface area contributed by atoms with E-state index in [-0.39, 0.29) is 25.4 Å². The topological polar surface area (TPSA) is 106 Å². The summed E-state index contributed by atoms with van der Waals surface area (Å²) in [6.45, 7) is -0.222. The van der Waals surface area contributed by atoms with E-state index in [0.717, 1.165) is 16.7 Å². The summed E-state index contributed by atoms with van der Waals surface area (Å²) in [6.07, 6.45) is 1.05. The SMILES string of the molecule is O=C(CCc1nc(-c2ccsc2)no1)NNC(=O)COc1ccccc1Cc1ccccc1. The number of amides is 2. The number of carbonyl (C=O) groups excluding carboxylic acids is 2. The first-order valence-corrected chi connectivity index (χ1v) is 11.3. The Morgan fingerprint density at radius 1 is 0.970 bits per heavy atom. The molecule has 0 spiro atoms. The average molecular weight is 463 g/mol. The lowest BCUT2D eigenvalue weighted by molar-refractivity contribution is -0.130. The first-order valence-electron chi connectivity index (χ1n) is 10.3. The van der Waals surface area contributed by atoms with Crippen molar-refractivity contribution in [3.05, 3.63) is 88.4 Å². The van der Waals surface area contributed by atoms with E-state index in [1.165, 1.54) is 11.3 Å². The Morgan fingerprint density at radius 3 is 2.58 bits per heavy atom. The van der Waals surface area contributed by atoms with Crippen LogP contribution < -0.4 is 15.6 Å². The average Bonchev–Trinajstić information content (AvgIpc) is 3.54. The molecule has 0 fully saturated rings. The summed E-state index contributed by atoms with van der Waals surface area (Å²) in [5.74, 6) is 0.639. The minimum Gasteiger partial charge on any atom is -0.483 e. The number of aromatic nitrogens is 2. The summed E-state index contributed by atoms with van der Waals surface area (Å²) >= 11 is 1.54. The summed E-state index contributed by atoms with van der Waals surface area (Å²) < 4.78 is 10.8. The van der Waals surface area contributed by atoms with Gasteiger partial charge in [0.05, 0.1) is 0 Å². The molecular formula is C24H22N4O4S. The Morgan fingerprint density at radius 2 is 1.76 bits per heavy atom. The van der Waals surface area contributed by atoms with Gasteiger partial charge in [0.2, 0.25) is 17.6 Å². The maximum atomic E-state index is 12.1. The minimum absolute atomic E-state index is 0.0896. The Kier molecular flexibility index (Phi) is 7.44. The molecule has 33 heavy (non-hydrogen) atoms. The van der Waals surface area contributed by atoms with Crippen molar-refractivity contribution in [3.8, 4) is 17.1 Å². The van der Waals surface area contributed by atoms with Gasteiger partial charge >= 0.3 is 0 Å². The van der Waals surface area contributed by atoms with Gasteiger partial charge in [-0.2, -0.15) is 16.3 Å². The van der Waals surface area contributed by atoms with Gasteiger partial charge in [-0.15, -0.1) is 0 Å². The number of rotatable bonds is 9. The van der Waals surface area contributed by atoms with E-state index in [2.05, 4.69) is 21.0 Å². The van der Waals surface area contributed by atoms with Gasteiger partial charge in [0.15, 0.2) is 6.61 Å². The molecule has 9 heteroatoms. The van der Waals surface area contributed by atoms with Crippen LogP contribution in [-0.2, 0) is 22.4 Å². The smallest absolute Gasteiger partial charge is 0.276 e. The molecule has 0 saturated heterocycles. The van der Waals surface area contributed by atoms with Crippen molar-refractivity contribution in [1.29, 1.82) is 0 Å². The fourth-order valence-corrected chi connectivity index (χ4v) is 3.71. The highest BCUT2D eigenvalue weighted by atomic mass is 32.1. The molecular weight excluding hydrogens is 440 g/mol. The minimum atomic E-state index is -0.463. The molecule has 0 aliphatic rings. The van der Waals surface area contributed by atoms with Crippen molar-refractivity contribution in [2.75, 3.05) is 6.61 Å².